The summed E-state index contributed by atoms with van der Waals surface area (Å²) in [7, 11) is -16.1. The minimum absolute atomic E-state index is 1.14. The van der Waals surface area contributed by atoms with Crippen molar-refractivity contribution in [3.8, 4) is 0 Å². The Hall–Kier alpha value is -0.510. The predicted octanol–water partition coefficient (Wildman–Crippen LogP) is -3.74. The summed E-state index contributed by atoms with van der Waals surface area (Å²) in [6.45, 7) is -1.14. The zero-order valence-electron chi connectivity index (χ0n) is 11.1. The van der Waals surface area contributed by atoms with Crippen molar-refractivity contribution < 1.29 is 66.4 Å². The zero-order valence-corrected chi connectivity index (χ0v) is 13.6. The topological polar surface area (TPSA) is 240 Å². The predicted molar refractivity (Wildman–Crippen MR) is 67.2 cm³/mol. The standard InChI is InChI=1S/C6H12O15S3/c7-1-2-3(19-22(9,10)11)4(20-23(12,13)14)5(6(8)18-2)21-24(15,16)17/h2-8H,1H2,(H,9,10,11)(H,12,13,14)(H,15,16,17)/t2-,3-,4-,5-,6+/m1/s1. The molecule has 0 saturated carbocycles. The summed E-state index contributed by atoms with van der Waals surface area (Å²) in [4.78, 5) is 0. The van der Waals surface area contributed by atoms with Gasteiger partial charge in [-0.15, -0.1) is 0 Å². The molecule has 0 spiro atoms. The second-order valence-electron chi connectivity index (χ2n) is 4.21. The van der Waals surface area contributed by atoms with Gasteiger partial charge < -0.3 is 14.9 Å². The van der Waals surface area contributed by atoms with Crippen molar-refractivity contribution in [1.82, 2.24) is 0 Å². The number of rotatable bonds is 7. The van der Waals surface area contributed by atoms with Crippen LogP contribution in [0, 0.1) is 0 Å². The van der Waals surface area contributed by atoms with E-state index in [2.05, 4.69) is 17.3 Å². The van der Waals surface area contributed by atoms with Crippen LogP contribution in [0.1, 0.15) is 0 Å². The first-order valence-corrected chi connectivity index (χ1v) is 9.64. The fraction of sp³-hybridized carbons (Fsp3) is 1.00. The van der Waals surface area contributed by atoms with Gasteiger partial charge in [0.25, 0.3) is 0 Å². The molecule has 5 atom stereocenters. The lowest BCUT2D eigenvalue weighted by Gasteiger charge is -2.41. The van der Waals surface area contributed by atoms with Gasteiger partial charge in [0.2, 0.25) is 0 Å². The minimum atomic E-state index is -5.42. The summed E-state index contributed by atoms with van der Waals surface area (Å²) in [5.41, 5.74) is 0. The maximum absolute atomic E-state index is 10.8. The Morgan fingerprint density at radius 2 is 1.12 bits per heavy atom. The van der Waals surface area contributed by atoms with Crippen LogP contribution in [0.3, 0.4) is 0 Å². The second kappa shape index (κ2) is 7.39. The molecule has 144 valence electrons. The van der Waals surface area contributed by atoms with Gasteiger partial charge in [0.1, 0.15) is 18.3 Å². The van der Waals surface area contributed by atoms with E-state index < -0.39 is 68.5 Å². The summed E-state index contributed by atoms with van der Waals surface area (Å²) in [5, 5.41) is 18.6. The van der Waals surface area contributed by atoms with Crippen LogP contribution in [0.2, 0.25) is 0 Å². The van der Waals surface area contributed by atoms with E-state index in [1.165, 1.54) is 0 Å². The molecule has 1 aliphatic heterocycles. The summed E-state index contributed by atoms with van der Waals surface area (Å²) < 4.78 is 107. The van der Waals surface area contributed by atoms with Crippen molar-refractivity contribution in [2.24, 2.45) is 0 Å². The summed E-state index contributed by atoms with van der Waals surface area (Å²) in [6, 6.07) is 0. The van der Waals surface area contributed by atoms with E-state index >= 15 is 0 Å². The normalized spacial score (nSPS) is 32.6. The van der Waals surface area contributed by atoms with Crippen LogP contribution in [-0.2, 0) is 48.5 Å². The molecule has 5 N–H and O–H groups in total. The fourth-order valence-corrected chi connectivity index (χ4v) is 3.29. The largest absolute Gasteiger partial charge is 0.397 e. The Morgan fingerprint density at radius 1 is 0.750 bits per heavy atom. The van der Waals surface area contributed by atoms with Crippen LogP contribution in [0.5, 0.6) is 0 Å². The van der Waals surface area contributed by atoms with Gasteiger partial charge in [0.15, 0.2) is 12.4 Å². The number of aliphatic hydroxyl groups is 2. The third kappa shape index (κ3) is 6.78. The van der Waals surface area contributed by atoms with E-state index in [0.717, 1.165) is 0 Å². The molecule has 0 aromatic carbocycles. The van der Waals surface area contributed by atoms with Crippen LogP contribution >= 0.6 is 0 Å². The van der Waals surface area contributed by atoms with Crippen LogP contribution in [0.15, 0.2) is 0 Å². The van der Waals surface area contributed by atoms with Gasteiger partial charge in [-0.3, -0.25) is 13.7 Å². The van der Waals surface area contributed by atoms with Gasteiger partial charge in [-0.1, -0.05) is 0 Å². The van der Waals surface area contributed by atoms with Gasteiger partial charge in [-0.25, -0.2) is 12.5 Å². The molecule has 0 amide bonds. The van der Waals surface area contributed by atoms with E-state index in [0.29, 0.717) is 0 Å². The quantitative estimate of drug-likeness (QED) is 0.248. The van der Waals surface area contributed by atoms with Crippen molar-refractivity contribution in [2.75, 3.05) is 6.61 Å². The van der Waals surface area contributed by atoms with E-state index in [1.54, 1.807) is 0 Å². The average molecular weight is 420 g/mol. The Bertz CT molecular complexity index is 736. The van der Waals surface area contributed by atoms with Crippen LogP contribution in [0.25, 0.3) is 0 Å². The lowest BCUT2D eigenvalue weighted by Crippen LogP contribution is -2.62. The Labute approximate surface area is 135 Å². The molecule has 24 heavy (non-hydrogen) atoms. The molecular formula is C6H12O15S3. The van der Waals surface area contributed by atoms with Crippen molar-refractivity contribution in [1.29, 1.82) is 0 Å². The lowest BCUT2D eigenvalue weighted by atomic mass is 9.99. The molecule has 0 bridgehead atoms. The molecule has 1 heterocycles. The smallest absolute Gasteiger partial charge is 0.394 e. The Kier molecular flexibility index (Phi) is 6.63. The first-order valence-electron chi connectivity index (χ1n) is 5.54. The highest BCUT2D eigenvalue weighted by Gasteiger charge is 2.52. The third-order valence-electron chi connectivity index (χ3n) is 2.49. The average Bonchev–Trinajstić information content (AvgIpc) is 2.32. The lowest BCUT2D eigenvalue weighted by molar-refractivity contribution is -0.271. The van der Waals surface area contributed by atoms with Crippen molar-refractivity contribution in [3.05, 3.63) is 0 Å². The molecule has 0 radical (unpaired) electrons. The van der Waals surface area contributed by atoms with E-state index in [-0.39, 0.29) is 0 Å². The van der Waals surface area contributed by atoms with Crippen LogP contribution < -0.4 is 0 Å². The molecule has 1 aliphatic rings. The van der Waals surface area contributed by atoms with Gasteiger partial charge in [0.05, 0.1) is 6.61 Å². The van der Waals surface area contributed by atoms with Crippen molar-refractivity contribution in [2.45, 2.75) is 30.7 Å². The van der Waals surface area contributed by atoms with Crippen molar-refractivity contribution in [3.63, 3.8) is 0 Å². The zero-order chi connectivity index (χ0) is 18.9. The van der Waals surface area contributed by atoms with Crippen LogP contribution in [0.4, 0.5) is 0 Å². The summed E-state index contributed by atoms with van der Waals surface area (Å²) >= 11 is 0. The van der Waals surface area contributed by atoms with E-state index in [4.69, 9.17) is 18.8 Å². The maximum Gasteiger partial charge on any atom is 0.397 e. The van der Waals surface area contributed by atoms with Gasteiger partial charge >= 0.3 is 31.2 Å². The SMILES string of the molecule is O=S(=O)(O)O[C@H]1[C@@H](OS(=O)(=O)O)[C@@H](O)O[C@H](CO)[C@H]1OS(=O)(=O)O. The first kappa shape index (κ1) is 21.5. The monoisotopic (exact) mass is 420 g/mol. The number of hydrogen-bond donors (Lipinski definition) is 5. The number of ether oxygens (including phenoxy) is 1. The van der Waals surface area contributed by atoms with Crippen molar-refractivity contribution >= 4 is 31.2 Å². The highest BCUT2D eigenvalue weighted by atomic mass is 32.3. The molecule has 1 fully saturated rings. The van der Waals surface area contributed by atoms with Crippen LogP contribution in [-0.4, -0.2) is 86.4 Å². The van der Waals surface area contributed by atoms with E-state index in [9.17, 15) is 30.4 Å². The van der Waals surface area contributed by atoms with Gasteiger partial charge in [0, 0.05) is 0 Å². The summed E-state index contributed by atoms with van der Waals surface area (Å²) in [5.74, 6) is 0. The second-order valence-corrected chi connectivity index (χ2v) is 7.36. The van der Waals surface area contributed by atoms with Gasteiger partial charge in [-0.2, -0.15) is 25.3 Å². The third-order valence-corrected chi connectivity index (χ3v) is 3.88. The number of hydrogen-bond acceptors (Lipinski definition) is 12. The molecule has 1 saturated heterocycles. The molecule has 15 nitrogen and oxygen atoms in total. The molecule has 18 heteroatoms. The van der Waals surface area contributed by atoms with E-state index in [1.807, 2.05) is 0 Å². The number of aliphatic hydroxyl groups excluding tert-OH is 2. The molecule has 0 unspecified atom stereocenters. The van der Waals surface area contributed by atoms with Gasteiger partial charge in [-0.05, 0) is 0 Å². The Balaban J connectivity index is 3.35. The molecular weight excluding hydrogens is 408 g/mol. The minimum Gasteiger partial charge on any atom is -0.394 e. The Morgan fingerprint density at radius 3 is 1.50 bits per heavy atom. The molecule has 0 aliphatic carbocycles. The fourth-order valence-electron chi connectivity index (χ4n) is 1.79. The molecule has 0 aromatic rings. The first-order chi connectivity index (χ1) is 10.6. The highest BCUT2D eigenvalue weighted by molar-refractivity contribution is 7.81. The molecule has 1 rings (SSSR count). The summed E-state index contributed by atoms with van der Waals surface area (Å²) in [6.07, 6.45) is -11.6. The molecule has 0 aromatic heterocycles. The highest BCUT2D eigenvalue weighted by Crippen LogP contribution is 2.29. The maximum atomic E-state index is 10.8.